The Balaban J connectivity index is 2.41. The van der Waals surface area contributed by atoms with Crippen LogP contribution < -0.4 is 0 Å². The molecule has 2 aromatic carbocycles. The lowest BCUT2D eigenvalue weighted by Crippen LogP contribution is -2.02. The third kappa shape index (κ3) is 2.13. The van der Waals surface area contributed by atoms with E-state index in [1.54, 1.807) is 6.07 Å². The van der Waals surface area contributed by atoms with Gasteiger partial charge in [-0.15, -0.1) is 0 Å². The van der Waals surface area contributed by atoms with Crippen LogP contribution in [0.2, 0.25) is 0 Å². The smallest absolute Gasteiger partial charge is 0.127 e. The van der Waals surface area contributed by atoms with Crippen molar-refractivity contribution in [2.75, 3.05) is 0 Å². The minimum atomic E-state index is -0.113. The van der Waals surface area contributed by atoms with E-state index in [9.17, 15) is 4.39 Å². The molecule has 0 saturated heterocycles. The van der Waals surface area contributed by atoms with Gasteiger partial charge in [-0.1, -0.05) is 55.5 Å². The molecule has 1 atom stereocenters. The van der Waals surface area contributed by atoms with Crippen molar-refractivity contribution in [2.24, 2.45) is 0 Å². The van der Waals surface area contributed by atoms with Crippen molar-refractivity contribution in [3.63, 3.8) is 0 Å². The maximum atomic E-state index is 13.7. The summed E-state index contributed by atoms with van der Waals surface area (Å²) in [5.74, 6) is 0.0422. The lowest BCUT2D eigenvalue weighted by molar-refractivity contribution is 0.592. The summed E-state index contributed by atoms with van der Waals surface area (Å²) in [4.78, 5) is 0. The molecule has 0 nitrogen and oxygen atoms in total. The number of hydrogen-bond donors (Lipinski definition) is 0. The first-order chi connectivity index (χ1) is 7.83. The summed E-state index contributed by atoms with van der Waals surface area (Å²) in [6.45, 7) is 2.09. The molecule has 0 fully saturated rings. The Kier molecular flexibility index (Phi) is 3.35. The maximum Gasteiger partial charge on any atom is 0.127 e. The van der Waals surface area contributed by atoms with Crippen molar-refractivity contribution in [3.8, 4) is 0 Å². The number of rotatable bonds is 3. The molecular weight excluding hydrogens is 199 g/mol. The first-order valence-electron chi connectivity index (χ1n) is 5.62. The first-order valence-corrected chi connectivity index (χ1v) is 5.62. The van der Waals surface area contributed by atoms with E-state index in [0.717, 1.165) is 12.0 Å². The second-order valence-electron chi connectivity index (χ2n) is 3.89. The van der Waals surface area contributed by atoms with Gasteiger partial charge in [0, 0.05) is 5.92 Å². The summed E-state index contributed by atoms with van der Waals surface area (Å²) in [6.07, 6.45) is 0.908. The molecule has 0 spiro atoms. The van der Waals surface area contributed by atoms with Gasteiger partial charge in [0.05, 0.1) is 0 Å². The molecule has 0 aromatic heterocycles. The zero-order valence-electron chi connectivity index (χ0n) is 9.36. The number of hydrogen-bond acceptors (Lipinski definition) is 0. The molecule has 1 unspecified atom stereocenters. The molecule has 0 saturated carbocycles. The predicted octanol–water partition coefficient (Wildman–Crippen LogP) is 4.37. The lowest BCUT2D eigenvalue weighted by Gasteiger charge is -2.16. The second-order valence-corrected chi connectivity index (χ2v) is 3.89. The van der Waals surface area contributed by atoms with Crippen LogP contribution >= 0.6 is 0 Å². The number of halogens is 1. The normalized spacial score (nSPS) is 12.4. The van der Waals surface area contributed by atoms with Gasteiger partial charge in [0.25, 0.3) is 0 Å². The number of benzene rings is 2. The van der Waals surface area contributed by atoms with Gasteiger partial charge in [0.15, 0.2) is 0 Å². The second kappa shape index (κ2) is 4.93. The Labute approximate surface area is 95.7 Å². The van der Waals surface area contributed by atoms with E-state index in [4.69, 9.17) is 0 Å². The Morgan fingerprint density at radius 3 is 2.19 bits per heavy atom. The molecule has 0 amide bonds. The van der Waals surface area contributed by atoms with Gasteiger partial charge in [-0.2, -0.15) is 0 Å². The van der Waals surface area contributed by atoms with Gasteiger partial charge in [0.1, 0.15) is 5.82 Å². The highest BCUT2D eigenvalue weighted by molar-refractivity contribution is 5.32. The summed E-state index contributed by atoms with van der Waals surface area (Å²) in [6, 6.07) is 17.1. The summed E-state index contributed by atoms with van der Waals surface area (Å²) in [7, 11) is 0. The molecule has 2 rings (SSSR count). The highest BCUT2D eigenvalue weighted by Crippen LogP contribution is 2.29. The summed E-state index contributed by atoms with van der Waals surface area (Å²) in [5.41, 5.74) is 1.96. The average molecular weight is 214 g/mol. The molecule has 82 valence electrons. The van der Waals surface area contributed by atoms with Gasteiger partial charge >= 0.3 is 0 Å². The van der Waals surface area contributed by atoms with Crippen molar-refractivity contribution in [1.82, 2.24) is 0 Å². The Morgan fingerprint density at radius 2 is 1.56 bits per heavy atom. The fourth-order valence-corrected chi connectivity index (χ4v) is 2.08. The van der Waals surface area contributed by atoms with E-state index in [1.165, 1.54) is 11.6 Å². The van der Waals surface area contributed by atoms with Gasteiger partial charge in [-0.25, -0.2) is 4.39 Å². The molecule has 2 aromatic rings. The Morgan fingerprint density at radius 1 is 0.938 bits per heavy atom. The fraction of sp³-hybridized carbons (Fsp3) is 0.200. The molecule has 0 radical (unpaired) electrons. The van der Waals surface area contributed by atoms with E-state index < -0.39 is 0 Å². The van der Waals surface area contributed by atoms with Crippen molar-refractivity contribution < 1.29 is 4.39 Å². The van der Waals surface area contributed by atoms with Crippen molar-refractivity contribution in [3.05, 3.63) is 71.5 Å². The fourth-order valence-electron chi connectivity index (χ4n) is 2.08. The molecule has 16 heavy (non-hydrogen) atoms. The van der Waals surface area contributed by atoms with Gasteiger partial charge in [-0.3, -0.25) is 0 Å². The van der Waals surface area contributed by atoms with E-state index in [2.05, 4.69) is 19.1 Å². The minimum absolute atomic E-state index is 0.113. The SMILES string of the molecule is CCC(c1ccccc1)c1ccccc1F. The van der Waals surface area contributed by atoms with Crippen LogP contribution in [0.4, 0.5) is 4.39 Å². The zero-order chi connectivity index (χ0) is 11.4. The monoisotopic (exact) mass is 214 g/mol. The van der Waals surface area contributed by atoms with E-state index in [-0.39, 0.29) is 11.7 Å². The molecule has 0 aliphatic carbocycles. The summed E-state index contributed by atoms with van der Waals surface area (Å²) < 4.78 is 13.7. The van der Waals surface area contributed by atoms with Crippen LogP contribution in [0.5, 0.6) is 0 Å². The van der Waals surface area contributed by atoms with Crippen LogP contribution in [0.3, 0.4) is 0 Å². The van der Waals surface area contributed by atoms with Gasteiger partial charge in [-0.05, 0) is 23.6 Å². The lowest BCUT2D eigenvalue weighted by atomic mass is 9.89. The highest BCUT2D eigenvalue weighted by Gasteiger charge is 2.14. The molecule has 0 N–H and O–H groups in total. The Hall–Kier alpha value is -1.63. The Bertz CT molecular complexity index is 448. The van der Waals surface area contributed by atoms with Crippen molar-refractivity contribution in [1.29, 1.82) is 0 Å². The van der Waals surface area contributed by atoms with Crippen LogP contribution in [-0.4, -0.2) is 0 Å². The van der Waals surface area contributed by atoms with E-state index in [1.807, 2.05) is 30.3 Å². The molecule has 0 aliphatic heterocycles. The van der Waals surface area contributed by atoms with E-state index >= 15 is 0 Å². The maximum absolute atomic E-state index is 13.7. The quantitative estimate of drug-likeness (QED) is 0.711. The van der Waals surface area contributed by atoms with Gasteiger partial charge in [0.2, 0.25) is 0 Å². The van der Waals surface area contributed by atoms with Crippen LogP contribution in [0.1, 0.15) is 30.4 Å². The third-order valence-electron chi connectivity index (χ3n) is 2.89. The van der Waals surface area contributed by atoms with Crippen LogP contribution in [0.25, 0.3) is 0 Å². The summed E-state index contributed by atoms with van der Waals surface area (Å²) in [5, 5.41) is 0. The third-order valence-corrected chi connectivity index (χ3v) is 2.89. The largest absolute Gasteiger partial charge is 0.207 e. The van der Waals surface area contributed by atoms with Crippen molar-refractivity contribution in [2.45, 2.75) is 19.3 Å². The van der Waals surface area contributed by atoms with Crippen LogP contribution in [-0.2, 0) is 0 Å². The van der Waals surface area contributed by atoms with Crippen LogP contribution in [0, 0.1) is 5.82 Å². The standard InChI is InChI=1S/C15H15F/c1-2-13(12-8-4-3-5-9-12)14-10-6-7-11-15(14)16/h3-11,13H,2H2,1H3. The molecule has 0 bridgehead atoms. The molecule has 0 heterocycles. The molecule has 1 heteroatoms. The van der Waals surface area contributed by atoms with E-state index in [0.29, 0.717) is 0 Å². The topological polar surface area (TPSA) is 0 Å². The predicted molar refractivity (Wildman–Crippen MR) is 65.0 cm³/mol. The first kappa shape index (κ1) is 10.9. The van der Waals surface area contributed by atoms with Crippen LogP contribution in [0.15, 0.2) is 54.6 Å². The van der Waals surface area contributed by atoms with Crippen molar-refractivity contribution >= 4 is 0 Å². The summed E-state index contributed by atoms with van der Waals surface area (Å²) >= 11 is 0. The molecule has 0 aliphatic rings. The highest BCUT2D eigenvalue weighted by atomic mass is 19.1. The molecular formula is C15H15F. The average Bonchev–Trinajstić information content (AvgIpc) is 2.34. The minimum Gasteiger partial charge on any atom is -0.207 e. The van der Waals surface area contributed by atoms with Gasteiger partial charge < -0.3 is 0 Å². The zero-order valence-corrected chi connectivity index (χ0v) is 9.36.